The Morgan fingerprint density at radius 2 is 1.76 bits per heavy atom. The smallest absolute Gasteiger partial charge is 0.212 e. The lowest BCUT2D eigenvalue weighted by Gasteiger charge is -2.23. The summed E-state index contributed by atoms with van der Waals surface area (Å²) in [4.78, 5) is 2.15. The number of rotatable bonds is 3. The Balaban J connectivity index is 0.00000259. The highest BCUT2D eigenvalue weighted by Crippen LogP contribution is 2.31. The molecule has 0 aliphatic carbocycles. The van der Waals surface area contributed by atoms with Crippen LogP contribution < -0.4 is 33.4 Å². The number of hydrogen-bond acceptors (Lipinski definition) is 2. The van der Waals surface area contributed by atoms with Crippen molar-refractivity contribution in [2.75, 3.05) is 25.2 Å². The molecule has 0 fully saturated rings. The number of aryl methyl sites for hydroxylation is 1. The Kier molecular flexibility index (Phi) is 7.26. The summed E-state index contributed by atoms with van der Waals surface area (Å²) < 4.78 is 8.02. The summed E-state index contributed by atoms with van der Waals surface area (Å²) in [6.07, 6.45) is 17.3. The van der Waals surface area contributed by atoms with E-state index in [0.717, 1.165) is 0 Å². The van der Waals surface area contributed by atoms with Gasteiger partial charge in [0, 0.05) is 36.6 Å². The van der Waals surface area contributed by atoms with E-state index in [1.54, 1.807) is 0 Å². The molecule has 166 valence electrons. The van der Waals surface area contributed by atoms with E-state index < -0.39 is 0 Å². The average molecular weight is 546 g/mol. The van der Waals surface area contributed by atoms with Gasteiger partial charge in [0.05, 0.1) is 18.6 Å². The number of ether oxygens (including phenoxy) is 1. The molecule has 0 saturated carbocycles. The molecule has 2 aromatic carbocycles. The number of aromatic nitrogens is 1. The van der Waals surface area contributed by atoms with Crippen LogP contribution in [0.2, 0.25) is 0 Å². The van der Waals surface area contributed by atoms with Gasteiger partial charge in [-0.1, -0.05) is 60.7 Å². The molecule has 2 aliphatic heterocycles. The third kappa shape index (κ3) is 5.02. The maximum absolute atomic E-state index is 5.87. The van der Waals surface area contributed by atoms with E-state index in [4.69, 9.17) is 4.74 Å². The number of halogens is 1. The average Bonchev–Trinajstić information content (AvgIpc) is 2.84. The molecule has 2 aliphatic rings. The third-order valence-corrected chi connectivity index (χ3v) is 6.01. The van der Waals surface area contributed by atoms with Gasteiger partial charge in [0.25, 0.3) is 0 Å². The molecule has 0 N–H and O–H groups in total. The van der Waals surface area contributed by atoms with Crippen LogP contribution in [0.25, 0.3) is 22.6 Å². The number of benzene rings is 2. The maximum Gasteiger partial charge on any atom is 0.212 e. The van der Waals surface area contributed by atoms with Crippen LogP contribution in [0.4, 0.5) is 5.69 Å². The van der Waals surface area contributed by atoms with Crippen molar-refractivity contribution in [2.45, 2.75) is 0 Å². The van der Waals surface area contributed by atoms with Crippen molar-refractivity contribution in [3.05, 3.63) is 120 Å². The molecule has 0 spiro atoms. The van der Waals surface area contributed by atoms with E-state index in [9.17, 15) is 0 Å². The van der Waals surface area contributed by atoms with Gasteiger partial charge in [-0.05, 0) is 40.5 Å². The van der Waals surface area contributed by atoms with Crippen molar-refractivity contribution in [1.82, 2.24) is 0 Å². The fraction of sp³-hybridized carbons (Fsp3) is 0.138. The number of fused-ring (bicyclic) bond motifs is 2. The van der Waals surface area contributed by atoms with Gasteiger partial charge in [0.1, 0.15) is 7.05 Å². The lowest BCUT2D eigenvalue weighted by molar-refractivity contribution is -0.644. The highest BCUT2D eigenvalue weighted by atomic mass is 127. The zero-order chi connectivity index (χ0) is 21.9. The Morgan fingerprint density at radius 3 is 2.67 bits per heavy atom. The fourth-order valence-corrected chi connectivity index (χ4v) is 4.26. The van der Waals surface area contributed by atoms with Crippen molar-refractivity contribution in [1.29, 1.82) is 0 Å². The van der Waals surface area contributed by atoms with Crippen LogP contribution in [0.3, 0.4) is 0 Å². The lowest BCUT2D eigenvalue weighted by atomic mass is 9.99. The number of anilines is 1. The van der Waals surface area contributed by atoms with Crippen LogP contribution in [0.1, 0.15) is 11.1 Å². The summed E-state index contributed by atoms with van der Waals surface area (Å²) in [5.74, 6) is 0. The molecule has 1 aromatic heterocycles. The summed E-state index contributed by atoms with van der Waals surface area (Å²) in [5, 5.41) is 1.25. The Morgan fingerprint density at radius 1 is 0.939 bits per heavy atom. The molecule has 0 unspecified atom stereocenters. The molecule has 33 heavy (non-hydrogen) atoms. The number of para-hydroxylation sites is 2. The summed E-state index contributed by atoms with van der Waals surface area (Å²) in [6, 6.07) is 19.1. The fourth-order valence-electron chi connectivity index (χ4n) is 4.26. The number of pyridine rings is 1. The summed E-state index contributed by atoms with van der Waals surface area (Å²) in [7, 11) is 4.16. The van der Waals surface area contributed by atoms with E-state index in [2.05, 4.69) is 127 Å². The van der Waals surface area contributed by atoms with Crippen molar-refractivity contribution < 1.29 is 33.3 Å². The monoisotopic (exact) mass is 546 g/mol. The van der Waals surface area contributed by atoms with Gasteiger partial charge in [-0.2, -0.15) is 0 Å². The highest BCUT2D eigenvalue weighted by molar-refractivity contribution is 5.87. The molecule has 0 saturated heterocycles. The quantitative estimate of drug-likeness (QED) is 0.371. The molecule has 0 amide bonds. The molecular formula is C29H27IN2O. The third-order valence-electron chi connectivity index (χ3n) is 6.01. The SMILES string of the molecule is CN1C=C/C(=C\C=C2C=C(/C=C/c3cc[n+](C)c4ccccc34)COC\2)c2ccccc21.[I-]. The standard InChI is InChI=1S/C29H27N2O.HI/c1-30-17-15-24(26-7-3-5-9-28(26)30)13-11-22-19-23(21-32-20-22)12-14-25-16-18-31(2)29-10-6-4-8-27(25)29;/h3-19H,20-21H2,1-2H3;1H/q+1;/p-1. The first-order valence-electron chi connectivity index (χ1n) is 10.9. The predicted molar refractivity (Wildman–Crippen MR) is 133 cm³/mol. The van der Waals surface area contributed by atoms with Gasteiger partial charge in [0.15, 0.2) is 6.20 Å². The normalized spacial score (nSPS) is 18.0. The largest absolute Gasteiger partial charge is 1.00 e. The van der Waals surface area contributed by atoms with Crippen LogP contribution in [0, 0.1) is 0 Å². The molecule has 5 rings (SSSR count). The Bertz CT molecular complexity index is 1330. The van der Waals surface area contributed by atoms with Gasteiger partial charge in [-0.3, -0.25) is 0 Å². The molecule has 0 bridgehead atoms. The summed E-state index contributed by atoms with van der Waals surface area (Å²) >= 11 is 0. The van der Waals surface area contributed by atoms with E-state index in [-0.39, 0.29) is 24.0 Å². The van der Waals surface area contributed by atoms with Gasteiger partial charge in [0.2, 0.25) is 5.52 Å². The van der Waals surface area contributed by atoms with Gasteiger partial charge in [-0.25, -0.2) is 4.57 Å². The van der Waals surface area contributed by atoms with E-state index in [1.165, 1.54) is 44.4 Å². The number of allylic oxidation sites excluding steroid dienone is 4. The van der Waals surface area contributed by atoms with Gasteiger partial charge in [-0.15, -0.1) is 0 Å². The minimum absolute atomic E-state index is 0. The second-order valence-corrected chi connectivity index (χ2v) is 8.25. The second kappa shape index (κ2) is 10.3. The van der Waals surface area contributed by atoms with Gasteiger partial charge < -0.3 is 33.6 Å². The zero-order valence-corrected chi connectivity index (χ0v) is 21.1. The van der Waals surface area contributed by atoms with E-state index in [0.29, 0.717) is 13.2 Å². The lowest BCUT2D eigenvalue weighted by Crippen LogP contribution is -3.00. The topological polar surface area (TPSA) is 16.4 Å². The van der Waals surface area contributed by atoms with Crippen LogP contribution >= 0.6 is 0 Å². The second-order valence-electron chi connectivity index (χ2n) is 8.25. The first-order chi connectivity index (χ1) is 15.7. The molecule has 3 nitrogen and oxygen atoms in total. The number of hydrogen-bond donors (Lipinski definition) is 0. The first-order valence-corrected chi connectivity index (χ1v) is 10.9. The van der Waals surface area contributed by atoms with Gasteiger partial charge >= 0.3 is 0 Å². The van der Waals surface area contributed by atoms with Crippen LogP contribution in [0.5, 0.6) is 0 Å². The molecule has 4 heteroatoms. The minimum atomic E-state index is 0. The van der Waals surface area contributed by atoms with E-state index in [1.807, 2.05) is 0 Å². The first kappa shape index (κ1) is 23.2. The molecule has 3 aromatic rings. The minimum Gasteiger partial charge on any atom is -1.00 e. The molecule has 0 atom stereocenters. The molecule has 0 radical (unpaired) electrons. The Hall–Kier alpha value is -2.96. The highest BCUT2D eigenvalue weighted by Gasteiger charge is 2.12. The van der Waals surface area contributed by atoms with Crippen molar-refractivity contribution in [3.8, 4) is 0 Å². The van der Waals surface area contributed by atoms with Crippen LogP contribution in [0.15, 0.2) is 109 Å². The van der Waals surface area contributed by atoms with E-state index >= 15 is 0 Å². The zero-order valence-electron chi connectivity index (χ0n) is 18.9. The van der Waals surface area contributed by atoms with Crippen molar-refractivity contribution >= 4 is 28.2 Å². The van der Waals surface area contributed by atoms with Crippen molar-refractivity contribution in [3.63, 3.8) is 0 Å². The Labute approximate surface area is 212 Å². The predicted octanol–water partition coefficient (Wildman–Crippen LogP) is 2.61. The maximum atomic E-state index is 5.87. The molecule has 3 heterocycles. The number of nitrogens with zero attached hydrogens (tertiary/aromatic N) is 2. The van der Waals surface area contributed by atoms with Crippen molar-refractivity contribution in [2.24, 2.45) is 7.05 Å². The van der Waals surface area contributed by atoms with Crippen LogP contribution in [-0.2, 0) is 11.8 Å². The molecular weight excluding hydrogens is 519 g/mol. The summed E-state index contributed by atoms with van der Waals surface area (Å²) in [5.41, 5.74) is 8.48. The van der Waals surface area contributed by atoms with Crippen LogP contribution in [-0.4, -0.2) is 20.3 Å². The summed E-state index contributed by atoms with van der Waals surface area (Å²) in [6.45, 7) is 1.27.